The van der Waals surface area contributed by atoms with E-state index in [1.807, 2.05) is 0 Å². The van der Waals surface area contributed by atoms with Crippen LogP contribution in [-0.4, -0.2) is 65.8 Å². The number of hydrogen-bond acceptors (Lipinski definition) is 7. The maximum atomic E-state index is 14.4. The zero-order valence-electron chi connectivity index (χ0n) is 24.9. The maximum Gasteiger partial charge on any atom is 0.418 e. The molecule has 4 unspecified atom stereocenters. The van der Waals surface area contributed by atoms with Crippen LogP contribution in [0.1, 0.15) is 29.4 Å². The molecule has 2 fully saturated rings. The molecule has 7 rings (SSSR count). The number of aromatic nitrogens is 5. The van der Waals surface area contributed by atoms with Gasteiger partial charge in [0.1, 0.15) is 53.9 Å². The molecule has 2 N–H and O–H groups in total. The summed E-state index contributed by atoms with van der Waals surface area (Å²) < 4.78 is 113. The van der Waals surface area contributed by atoms with E-state index in [0.717, 1.165) is 47.1 Å². The van der Waals surface area contributed by atoms with Gasteiger partial charge in [0.2, 0.25) is 0 Å². The molecule has 49 heavy (non-hydrogen) atoms. The summed E-state index contributed by atoms with van der Waals surface area (Å²) in [6.45, 7) is 1.15. The minimum absolute atomic E-state index is 0.00138. The van der Waals surface area contributed by atoms with Gasteiger partial charge < -0.3 is 19.7 Å². The van der Waals surface area contributed by atoms with Crippen molar-refractivity contribution in [2.75, 3.05) is 6.61 Å². The Hall–Kier alpha value is -4.35. The predicted molar refractivity (Wildman–Crippen MR) is 157 cm³/mol. The first-order chi connectivity index (χ1) is 23.2. The number of fused-ring (bicyclic) bond motifs is 1. The predicted octanol–water partition coefficient (Wildman–Crippen LogP) is 6.14. The van der Waals surface area contributed by atoms with Crippen LogP contribution in [0.5, 0.6) is 0 Å². The summed E-state index contributed by atoms with van der Waals surface area (Å²) in [5, 5.41) is 31.4. The van der Waals surface area contributed by atoms with Crippen molar-refractivity contribution in [3.8, 4) is 28.1 Å². The molecule has 0 radical (unpaired) electrons. The first-order valence-electron chi connectivity index (χ1n) is 14.6. The maximum absolute atomic E-state index is 14.4. The highest BCUT2D eigenvalue weighted by Crippen LogP contribution is 2.45. The number of aliphatic hydroxyl groups excluding tert-OH is 2. The molecule has 9 nitrogen and oxygen atoms in total. The second-order valence-electron chi connectivity index (χ2n) is 11.6. The molecule has 0 saturated carbocycles. The van der Waals surface area contributed by atoms with Gasteiger partial charge in [0.25, 0.3) is 0 Å². The summed E-state index contributed by atoms with van der Waals surface area (Å²) in [5.74, 6) is -5.66. The van der Waals surface area contributed by atoms with Gasteiger partial charge in [-0.2, -0.15) is 23.4 Å². The summed E-state index contributed by atoms with van der Waals surface area (Å²) in [7, 11) is 0. The topological polar surface area (TPSA) is 107 Å². The number of ether oxygens (including phenoxy) is 2. The van der Waals surface area contributed by atoms with Crippen LogP contribution in [0.3, 0.4) is 0 Å². The molecule has 2 aliphatic heterocycles. The van der Waals surface area contributed by atoms with E-state index < -0.39 is 77.3 Å². The Labute approximate surface area is 277 Å². The molecule has 2 saturated heterocycles. The van der Waals surface area contributed by atoms with Crippen molar-refractivity contribution in [2.24, 2.45) is 0 Å². The van der Waals surface area contributed by atoms with Crippen molar-refractivity contribution in [2.45, 2.75) is 49.7 Å². The van der Waals surface area contributed by atoms with E-state index >= 15 is 0 Å². The first kappa shape index (κ1) is 33.2. The van der Waals surface area contributed by atoms with Crippen molar-refractivity contribution in [1.82, 2.24) is 24.5 Å². The largest absolute Gasteiger partial charge is 0.418 e. The van der Waals surface area contributed by atoms with Crippen molar-refractivity contribution in [3.63, 3.8) is 0 Å². The minimum Gasteiger partial charge on any atom is -0.388 e. The third kappa shape index (κ3) is 5.86. The molecular formula is C32H23ClF7N5O4. The van der Waals surface area contributed by atoms with Crippen LogP contribution in [0.4, 0.5) is 30.7 Å². The Morgan fingerprint density at radius 2 is 1.65 bits per heavy atom. The molecule has 0 bridgehead atoms. The van der Waals surface area contributed by atoms with Gasteiger partial charge in [-0.15, -0.1) is 0 Å². The molecule has 3 aromatic carbocycles. The van der Waals surface area contributed by atoms with E-state index in [0.29, 0.717) is 0 Å². The molecule has 0 aliphatic carbocycles. The Morgan fingerprint density at radius 1 is 0.918 bits per heavy atom. The standard InChI is InChI=1S/C32H23ClF7N5O4/c1-13-41-31(45(42-13)22-10-16(33)5-6-19(22)32(38,39)40)30-27(47)26(29-28(49-30)23(46)12-48-29)44-11-18(15-8-20(35)24(37)21(36)9-15)25(43-44)14-3-2-4-17(34)7-14/h2-11,23,26-30,46-47H,12H2,1H3/t23?,26?,27?,28?,29-,30-/m1/s1. The van der Waals surface area contributed by atoms with Crippen molar-refractivity contribution >= 4 is 11.6 Å². The second-order valence-corrected chi connectivity index (χ2v) is 12.0. The molecule has 256 valence electrons. The molecule has 0 amide bonds. The van der Waals surface area contributed by atoms with Crippen LogP contribution in [0.25, 0.3) is 28.1 Å². The monoisotopic (exact) mass is 709 g/mol. The van der Waals surface area contributed by atoms with E-state index in [1.54, 1.807) is 0 Å². The lowest BCUT2D eigenvalue weighted by molar-refractivity contribution is -0.196. The van der Waals surface area contributed by atoms with E-state index in [4.69, 9.17) is 21.1 Å². The van der Waals surface area contributed by atoms with Crippen LogP contribution in [0.2, 0.25) is 5.02 Å². The van der Waals surface area contributed by atoms with Gasteiger partial charge in [-0.05, 0) is 55.0 Å². The van der Waals surface area contributed by atoms with Crippen molar-refractivity contribution in [3.05, 3.63) is 106 Å². The van der Waals surface area contributed by atoms with Crippen LogP contribution >= 0.6 is 11.6 Å². The fourth-order valence-corrected chi connectivity index (χ4v) is 6.42. The summed E-state index contributed by atoms with van der Waals surface area (Å²) in [4.78, 5) is 4.28. The number of aryl methyl sites for hydroxylation is 1. The first-order valence-corrected chi connectivity index (χ1v) is 15.0. The number of alkyl halides is 3. The van der Waals surface area contributed by atoms with E-state index in [9.17, 15) is 40.9 Å². The Balaban J connectivity index is 1.39. The van der Waals surface area contributed by atoms with Crippen molar-refractivity contribution in [1.29, 1.82) is 0 Å². The average molecular weight is 710 g/mol. The molecule has 17 heteroatoms. The minimum atomic E-state index is -4.84. The Morgan fingerprint density at radius 3 is 2.35 bits per heavy atom. The average Bonchev–Trinajstić information content (AvgIpc) is 3.75. The zero-order valence-corrected chi connectivity index (χ0v) is 25.7. The normalized spacial score (nSPS) is 24.0. The quantitative estimate of drug-likeness (QED) is 0.167. The lowest BCUT2D eigenvalue weighted by atomic mass is 9.91. The lowest BCUT2D eigenvalue weighted by Crippen LogP contribution is -2.52. The van der Waals surface area contributed by atoms with Gasteiger partial charge in [-0.1, -0.05) is 23.7 Å². The number of rotatable bonds is 5. The zero-order chi connectivity index (χ0) is 34.9. The van der Waals surface area contributed by atoms with Crippen LogP contribution in [-0.2, 0) is 15.7 Å². The molecule has 2 aliphatic rings. The van der Waals surface area contributed by atoms with Gasteiger partial charge in [0, 0.05) is 22.3 Å². The highest BCUT2D eigenvalue weighted by atomic mass is 35.5. The number of benzene rings is 3. The molecule has 0 spiro atoms. The third-order valence-electron chi connectivity index (χ3n) is 8.38. The third-order valence-corrected chi connectivity index (χ3v) is 8.61. The van der Waals surface area contributed by atoms with Gasteiger partial charge in [-0.3, -0.25) is 4.68 Å². The van der Waals surface area contributed by atoms with Crippen molar-refractivity contribution < 1.29 is 50.4 Å². The molecule has 4 heterocycles. The highest BCUT2D eigenvalue weighted by Gasteiger charge is 2.55. The van der Waals surface area contributed by atoms with Gasteiger partial charge >= 0.3 is 6.18 Å². The molecule has 2 aromatic heterocycles. The number of nitrogens with zero attached hydrogens (tertiary/aromatic N) is 5. The fraction of sp³-hybridized carbons (Fsp3) is 0.281. The summed E-state index contributed by atoms with van der Waals surface area (Å²) in [5.41, 5.74) is -1.67. The molecule has 6 atom stereocenters. The number of aliphatic hydroxyl groups is 2. The highest BCUT2D eigenvalue weighted by molar-refractivity contribution is 6.30. The number of hydrogen-bond donors (Lipinski definition) is 2. The van der Waals surface area contributed by atoms with E-state index in [1.165, 1.54) is 29.9 Å². The SMILES string of the molecule is Cc1nc([C@@H]2OC3C(O)CO[C@@H]3C(n3cc(-c4cc(F)c(F)c(F)c4)c(-c4cccc(F)c4)n3)C2O)n(-c2cc(Cl)ccc2C(F)(F)F)n1. The lowest BCUT2D eigenvalue weighted by Gasteiger charge is -2.41. The van der Waals surface area contributed by atoms with Gasteiger partial charge in [0.15, 0.2) is 23.3 Å². The van der Waals surface area contributed by atoms with Crippen LogP contribution in [0, 0.1) is 30.2 Å². The summed E-state index contributed by atoms with van der Waals surface area (Å²) in [6, 6.07) is 8.09. The molecule has 5 aromatic rings. The van der Waals surface area contributed by atoms with Gasteiger partial charge in [0.05, 0.1) is 17.9 Å². The Bertz CT molecular complexity index is 2050. The molecular weight excluding hydrogens is 687 g/mol. The fourth-order valence-electron chi connectivity index (χ4n) is 6.25. The second kappa shape index (κ2) is 12.2. The smallest absolute Gasteiger partial charge is 0.388 e. The van der Waals surface area contributed by atoms with Crippen LogP contribution < -0.4 is 0 Å². The summed E-state index contributed by atoms with van der Waals surface area (Å²) in [6.07, 6.45) is -10.4. The van der Waals surface area contributed by atoms with Gasteiger partial charge in [-0.25, -0.2) is 27.2 Å². The van der Waals surface area contributed by atoms with Crippen LogP contribution in [0.15, 0.2) is 60.8 Å². The van der Waals surface area contributed by atoms with E-state index in [2.05, 4.69) is 15.2 Å². The summed E-state index contributed by atoms with van der Waals surface area (Å²) >= 11 is 6.08. The van der Waals surface area contributed by atoms with E-state index in [-0.39, 0.29) is 45.7 Å². The Kier molecular flexibility index (Phi) is 8.26. The number of halogens is 8.